The number of carbonyl (C=O) groups is 1. The quantitative estimate of drug-likeness (QED) is 0.230. The second-order valence-electron chi connectivity index (χ2n) is 9.00. The largest absolute Gasteiger partial charge is 0.325 e. The van der Waals surface area contributed by atoms with Crippen molar-refractivity contribution in [2.45, 2.75) is 18.7 Å². The Bertz CT molecular complexity index is 1800. The first kappa shape index (κ1) is 26.7. The molecule has 198 valence electrons. The molecule has 5 rings (SSSR count). The number of nitrogens with one attached hydrogen (secondary N) is 1. The van der Waals surface area contributed by atoms with E-state index in [9.17, 15) is 13.2 Å². The monoisotopic (exact) mass is 578 g/mol. The first-order valence-electron chi connectivity index (χ1n) is 12.0. The summed E-state index contributed by atoms with van der Waals surface area (Å²) in [5.41, 5.74) is 3.33. The molecule has 0 aliphatic carbocycles. The van der Waals surface area contributed by atoms with Gasteiger partial charge in [0.1, 0.15) is 12.9 Å². The topological polar surface area (TPSA) is 84.3 Å². The molecule has 0 aliphatic rings. The molecular formula is C29H24Cl2N4O3S. The number of imidazole rings is 1. The zero-order valence-electron chi connectivity index (χ0n) is 21.1. The highest BCUT2D eigenvalue weighted by atomic mass is 35.5. The summed E-state index contributed by atoms with van der Waals surface area (Å²) in [5, 5.41) is 4.65. The van der Waals surface area contributed by atoms with Gasteiger partial charge in [-0.05, 0) is 66.8 Å². The van der Waals surface area contributed by atoms with Gasteiger partial charge >= 0.3 is 0 Å². The van der Waals surface area contributed by atoms with Crippen molar-refractivity contribution in [2.24, 2.45) is 0 Å². The smallest absolute Gasteiger partial charge is 0.265 e. The summed E-state index contributed by atoms with van der Waals surface area (Å²) >= 11 is 12.1. The zero-order valence-corrected chi connectivity index (χ0v) is 23.4. The molecule has 1 heterocycles. The number of aryl methyl sites for hydroxylation is 1. The van der Waals surface area contributed by atoms with Crippen LogP contribution in [-0.4, -0.2) is 30.4 Å². The lowest BCUT2D eigenvalue weighted by Crippen LogP contribution is -2.38. The highest BCUT2D eigenvalue weighted by Gasteiger charge is 2.30. The molecule has 0 radical (unpaired) electrons. The minimum atomic E-state index is -4.12. The number of aromatic nitrogens is 2. The van der Waals surface area contributed by atoms with Gasteiger partial charge in [-0.15, -0.1) is 0 Å². The van der Waals surface area contributed by atoms with Crippen molar-refractivity contribution in [1.29, 1.82) is 0 Å². The number of anilines is 2. The van der Waals surface area contributed by atoms with Crippen LogP contribution < -0.4 is 9.62 Å². The minimum absolute atomic E-state index is 0.134. The lowest BCUT2D eigenvalue weighted by atomic mass is 10.1. The fourth-order valence-corrected chi connectivity index (χ4v) is 6.39. The number of fused-ring (bicyclic) bond motifs is 1. The van der Waals surface area contributed by atoms with Gasteiger partial charge in [-0.3, -0.25) is 13.7 Å². The number of amides is 1. The van der Waals surface area contributed by atoms with Crippen molar-refractivity contribution in [3.63, 3.8) is 0 Å². The van der Waals surface area contributed by atoms with Crippen molar-refractivity contribution >= 4 is 61.3 Å². The van der Waals surface area contributed by atoms with E-state index in [0.717, 1.165) is 16.5 Å². The first-order chi connectivity index (χ1) is 18.7. The summed E-state index contributed by atoms with van der Waals surface area (Å²) in [6.45, 7) is 3.34. The molecule has 1 amide bonds. The Morgan fingerprint density at radius 2 is 1.62 bits per heavy atom. The number of benzene rings is 4. The molecule has 1 N–H and O–H groups in total. The third-order valence-corrected chi connectivity index (χ3v) is 9.10. The Hall–Kier alpha value is -3.85. The van der Waals surface area contributed by atoms with Crippen molar-refractivity contribution in [2.75, 3.05) is 16.2 Å². The van der Waals surface area contributed by atoms with Gasteiger partial charge in [-0.1, -0.05) is 71.7 Å². The summed E-state index contributed by atoms with van der Waals surface area (Å²) in [6.07, 6.45) is 1.50. The lowest BCUT2D eigenvalue weighted by Gasteiger charge is -2.27. The average molecular weight is 580 g/mol. The molecule has 0 atom stereocenters. The van der Waals surface area contributed by atoms with Crippen LogP contribution in [0.1, 0.15) is 11.1 Å². The van der Waals surface area contributed by atoms with E-state index >= 15 is 0 Å². The number of nitrogens with zero attached hydrogens (tertiary/aromatic N) is 3. The van der Waals surface area contributed by atoms with Crippen LogP contribution >= 0.6 is 23.2 Å². The summed E-state index contributed by atoms with van der Waals surface area (Å²) < 4.78 is 31.1. The van der Waals surface area contributed by atoms with Gasteiger partial charge in [0, 0.05) is 16.8 Å². The molecule has 0 spiro atoms. The number of halogens is 2. The van der Waals surface area contributed by atoms with E-state index in [-0.39, 0.29) is 15.2 Å². The van der Waals surface area contributed by atoms with Crippen LogP contribution in [0.5, 0.6) is 0 Å². The number of sulfonamides is 1. The van der Waals surface area contributed by atoms with Gasteiger partial charge in [-0.2, -0.15) is 0 Å². The number of rotatable bonds is 7. The number of hydrogen-bond donors (Lipinski definition) is 1. The maximum atomic E-state index is 14.1. The molecule has 4 aromatic carbocycles. The Morgan fingerprint density at radius 3 is 2.33 bits per heavy atom. The van der Waals surface area contributed by atoms with Gasteiger partial charge in [-0.25, -0.2) is 13.4 Å². The zero-order chi connectivity index (χ0) is 27.7. The third kappa shape index (κ3) is 5.23. The summed E-state index contributed by atoms with van der Waals surface area (Å²) in [4.78, 5) is 17.4. The summed E-state index contributed by atoms with van der Waals surface area (Å²) in [7, 11) is -4.12. The van der Waals surface area contributed by atoms with Gasteiger partial charge in [0.25, 0.3) is 10.0 Å². The lowest BCUT2D eigenvalue weighted by molar-refractivity contribution is -0.114. The summed E-state index contributed by atoms with van der Waals surface area (Å²) in [5.74, 6) is -0.490. The van der Waals surface area contributed by atoms with E-state index in [1.807, 2.05) is 38.1 Å². The highest BCUT2D eigenvalue weighted by Crippen LogP contribution is 2.32. The van der Waals surface area contributed by atoms with Crippen molar-refractivity contribution < 1.29 is 13.2 Å². The van der Waals surface area contributed by atoms with Crippen molar-refractivity contribution in [3.05, 3.63) is 113 Å². The molecule has 1 aromatic heterocycles. The van der Waals surface area contributed by atoms with E-state index in [4.69, 9.17) is 23.2 Å². The molecular weight excluding hydrogens is 555 g/mol. The van der Waals surface area contributed by atoms with Crippen LogP contribution in [0.4, 0.5) is 11.4 Å². The van der Waals surface area contributed by atoms with E-state index in [1.165, 1.54) is 10.6 Å². The van der Waals surface area contributed by atoms with E-state index in [1.54, 1.807) is 65.2 Å². The Morgan fingerprint density at radius 1 is 0.923 bits per heavy atom. The first-order valence-corrected chi connectivity index (χ1v) is 14.2. The third-order valence-electron chi connectivity index (χ3n) is 6.55. The molecule has 10 heteroatoms. The molecule has 0 saturated carbocycles. The van der Waals surface area contributed by atoms with Crippen molar-refractivity contribution in [1.82, 2.24) is 9.55 Å². The van der Waals surface area contributed by atoms with E-state index in [0.29, 0.717) is 22.4 Å². The Kier molecular flexibility index (Phi) is 7.36. The Labute approximate surface area is 236 Å². The number of carbonyl (C=O) groups excluding carboxylic acids is 1. The fourth-order valence-electron chi connectivity index (χ4n) is 4.37. The molecule has 0 fully saturated rings. The molecule has 7 nitrogen and oxygen atoms in total. The Balaban J connectivity index is 1.48. The maximum absolute atomic E-state index is 14.1. The van der Waals surface area contributed by atoms with Crippen LogP contribution in [0.25, 0.3) is 16.5 Å². The van der Waals surface area contributed by atoms with Gasteiger partial charge < -0.3 is 5.32 Å². The molecule has 0 bridgehead atoms. The molecule has 5 aromatic rings. The minimum Gasteiger partial charge on any atom is -0.325 e. The van der Waals surface area contributed by atoms with Crippen LogP contribution in [0.15, 0.2) is 96.2 Å². The SMILES string of the molecule is Cc1cccc(N(CC(=O)Nc2ccc(-n3cnc(Cl)c3Cl)cc2)S(=O)(=O)c2cccc3ccccc23)c1C. The molecule has 39 heavy (non-hydrogen) atoms. The van der Waals surface area contributed by atoms with E-state index in [2.05, 4.69) is 10.3 Å². The predicted molar refractivity (Wildman–Crippen MR) is 157 cm³/mol. The standard InChI is InChI=1S/C29H24Cl2N4O3S/c1-19-7-5-11-25(20(19)2)35(39(37,38)26-12-6-9-21-8-3-4-10-24(21)26)17-27(36)33-22-13-15-23(16-14-22)34-18-32-28(30)29(34)31/h3-16,18H,17H2,1-2H3,(H,33,36). The normalized spacial score (nSPS) is 11.5. The van der Waals surface area contributed by atoms with Gasteiger partial charge in [0.15, 0.2) is 10.3 Å². The second-order valence-corrected chi connectivity index (χ2v) is 11.5. The number of hydrogen-bond acceptors (Lipinski definition) is 4. The second kappa shape index (κ2) is 10.7. The predicted octanol–water partition coefficient (Wildman–Crippen LogP) is 6.78. The average Bonchev–Trinajstić information content (AvgIpc) is 3.27. The van der Waals surface area contributed by atoms with Gasteiger partial charge in [0.05, 0.1) is 10.6 Å². The van der Waals surface area contributed by atoms with E-state index < -0.39 is 22.5 Å². The summed E-state index contributed by atoms with van der Waals surface area (Å²) in [6, 6.07) is 24.7. The fraction of sp³-hybridized carbons (Fsp3) is 0.103. The highest BCUT2D eigenvalue weighted by molar-refractivity contribution is 7.93. The molecule has 0 aliphatic heterocycles. The van der Waals surface area contributed by atoms with Crippen LogP contribution in [0, 0.1) is 13.8 Å². The molecule has 0 saturated heterocycles. The van der Waals surface area contributed by atoms with Crippen LogP contribution in [-0.2, 0) is 14.8 Å². The van der Waals surface area contributed by atoms with Crippen LogP contribution in [0.3, 0.4) is 0 Å². The maximum Gasteiger partial charge on any atom is 0.265 e. The van der Waals surface area contributed by atoms with Crippen LogP contribution in [0.2, 0.25) is 10.3 Å². The molecule has 0 unspecified atom stereocenters. The van der Waals surface area contributed by atoms with Crippen molar-refractivity contribution in [3.8, 4) is 5.69 Å². The van der Waals surface area contributed by atoms with Gasteiger partial charge in [0.2, 0.25) is 5.91 Å².